The van der Waals surface area contributed by atoms with Crippen LogP contribution in [-0.2, 0) is 6.54 Å². The molecule has 21 heavy (non-hydrogen) atoms. The highest BCUT2D eigenvalue weighted by atomic mass is 35.5. The number of ether oxygens (including phenoxy) is 2. The number of rotatable bonds is 3. The monoisotopic (exact) mass is 312 g/mol. The maximum absolute atomic E-state index is 5.66. The third-order valence-corrected chi connectivity index (χ3v) is 4.21. The normalized spacial score (nSPS) is 21.5. The summed E-state index contributed by atoms with van der Waals surface area (Å²) in [4.78, 5) is 2.47. The molecule has 1 atom stereocenters. The molecule has 1 N–H and O–H groups in total. The van der Waals surface area contributed by atoms with Crippen LogP contribution in [0.4, 0.5) is 0 Å². The first-order valence-corrected chi connectivity index (χ1v) is 7.62. The lowest BCUT2D eigenvalue weighted by molar-refractivity contribution is 0.170. The fourth-order valence-corrected chi connectivity index (χ4v) is 3.04. The Kier molecular flexibility index (Phi) is 6.15. The van der Waals surface area contributed by atoms with Crippen LogP contribution in [0.1, 0.15) is 24.8 Å². The Bertz CT molecular complexity index is 448. The molecule has 2 aliphatic heterocycles. The molecule has 1 unspecified atom stereocenters. The van der Waals surface area contributed by atoms with E-state index in [1.807, 2.05) is 6.07 Å². The molecule has 5 heteroatoms. The van der Waals surface area contributed by atoms with E-state index in [2.05, 4.69) is 29.4 Å². The van der Waals surface area contributed by atoms with Crippen LogP contribution in [0.5, 0.6) is 11.5 Å². The average Bonchev–Trinajstić information content (AvgIpc) is 2.76. The van der Waals surface area contributed by atoms with E-state index >= 15 is 0 Å². The van der Waals surface area contributed by atoms with Gasteiger partial charge in [-0.05, 0) is 57.1 Å². The second-order valence-corrected chi connectivity index (χ2v) is 5.73. The van der Waals surface area contributed by atoms with Crippen LogP contribution in [0.3, 0.4) is 0 Å². The molecule has 118 valence electrons. The standard InChI is InChI=1S/C16H24N2O2.ClH/c1-18(14-3-2-7-17-8-6-14)12-13-4-5-15-16(11-13)20-10-9-19-15;/h4-5,11,14,17H,2-3,6-10,12H2,1H3;1H. The Labute approximate surface area is 133 Å². The molecule has 1 saturated heterocycles. The number of benzene rings is 1. The second kappa shape index (κ2) is 7.87. The summed E-state index contributed by atoms with van der Waals surface area (Å²) < 4.78 is 11.2. The molecule has 0 saturated carbocycles. The van der Waals surface area contributed by atoms with Crippen molar-refractivity contribution in [2.45, 2.75) is 31.8 Å². The van der Waals surface area contributed by atoms with E-state index in [1.54, 1.807) is 0 Å². The van der Waals surface area contributed by atoms with Crippen molar-refractivity contribution in [3.05, 3.63) is 23.8 Å². The number of nitrogens with one attached hydrogen (secondary N) is 1. The molecular weight excluding hydrogens is 288 g/mol. The Morgan fingerprint density at radius 3 is 2.81 bits per heavy atom. The fourth-order valence-electron chi connectivity index (χ4n) is 3.04. The quantitative estimate of drug-likeness (QED) is 0.929. The number of halogens is 1. The van der Waals surface area contributed by atoms with Crippen molar-refractivity contribution in [2.24, 2.45) is 0 Å². The molecule has 1 aromatic carbocycles. The topological polar surface area (TPSA) is 33.7 Å². The fraction of sp³-hybridized carbons (Fsp3) is 0.625. The van der Waals surface area contributed by atoms with Gasteiger partial charge < -0.3 is 14.8 Å². The van der Waals surface area contributed by atoms with Gasteiger partial charge in [-0.15, -0.1) is 12.4 Å². The molecule has 1 aromatic rings. The van der Waals surface area contributed by atoms with Gasteiger partial charge in [-0.1, -0.05) is 6.07 Å². The first kappa shape index (κ1) is 16.4. The Morgan fingerprint density at radius 2 is 1.95 bits per heavy atom. The van der Waals surface area contributed by atoms with Crippen molar-refractivity contribution in [3.63, 3.8) is 0 Å². The molecule has 2 heterocycles. The molecule has 0 radical (unpaired) electrons. The zero-order valence-electron chi connectivity index (χ0n) is 12.6. The Morgan fingerprint density at radius 1 is 1.14 bits per heavy atom. The predicted molar refractivity (Wildman–Crippen MR) is 86.7 cm³/mol. The number of hydrogen-bond acceptors (Lipinski definition) is 4. The largest absolute Gasteiger partial charge is 0.486 e. The van der Waals surface area contributed by atoms with Crippen molar-refractivity contribution in [2.75, 3.05) is 33.4 Å². The SMILES string of the molecule is CN(Cc1ccc2c(c1)OCCO2)C1CCCNCC1.Cl. The van der Waals surface area contributed by atoms with Gasteiger partial charge >= 0.3 is 0 Å². The van der Waals surface area contributed by atoms with Gasteiger partial charge in [-0.25, -0.2) is 0 Å². The summed E-state index contributed by atoms with van der Waals surface area (Å²) in [6.07, 6.45) is 3.80. The molecule has 2 aliphatic rings. The summed E-state index contributed by atoms with van der Waals surface area (Å²) in [5.74, 6) is 1.77. The Hall–Kier alpha value is -0.970. The summed E-state index contributed by atoms with van der Waals surface area (Å²) >= 11 is 0. The first-order chi connectivity index (χ1) is 9.83. The van der Waals surface area contributed by atoms with Crippen LogP contribution in [0.2, 0.25) is 0 Å². The zero-order valence-corrected chi connectivity index (χ0v) is 13.5. The molecule has 0 aliphatic carbocycles. The van der Waals surface area contributed by atoms with Crippen molar-refractivity contribution in [1.29, 1.82) is 0 Å². The molecule has 0 aromatic heterocycles. The van der Waals surface area contributed by atoms with Crippen LogP contribution in [0, 0.1) is 0 Å². The van der Waals surface area contributed by atoms with Gasteiger partial charge in [-0.2, -0.15) is 0 Å². The molecule has 0 spiro atoms. The number of fused-ring (bicyclic) bond motifs is 1. The van der Waals surface area contributed by atoms with Gasteiger partial charge in [0.1, 0.15) is 13.2 Å². The van der Waals surface area contributed by atoms with E-state index in [4.69, 9.17) is 9.47 Å². The average molecular weight is 313 g/mol. The van der Waals surface area contributed by atoms with Crippen molar-refractivity contribution < 1.29 is 9.47 Å². The summed E-state index contributed by atoms with van der Waals surface area (Å²) in [6, 6.07) is 6.99. The van der Waals surface area contributed by atoms with Crippen LogP contribution < -0.4 is 14.8 Å². The highest BCUT2D eigenvalue weighted by Gasteiger charge is 2.18. The maximum Gasteiger partial charge on any atom is 0.161 e. The third-order valence-electron chi connectivity index (χ3n) is 4.21. The van der Waals surface area contributed by atoms with Crippen LogP contribution in [0.25, 0.3) is 0 Å². The molecule has 4 nitrogen and oxygen atoms in total. The highest BCUT2D eigenvalue weighted by molar-refractivity contribution is 5.85. The van der Waals surface area contributed by atoms with Crippen molar-refractivity contribution in [1.82, 2.24) is 10.2 Å². The smallest absolute Gasteiger partial charge is 0.161 e. The van der Waals surface area contributed by atoms with Gasteiger partial charge in [0, 0.05) is 12.6 Å². The zero-order chi connectivity index (χ0) is 13.8. The lowest BCUT2D eigenvalue weighted by Gasteiger charge is -2.27. The molecular formula is C16H25ClN2O2. The minimum atomic E-state index is 0. The maximum atomic E-state index is 5.66. The lowest BCUT2D eigenvalue weighted by Crippen LogP contribution is -2.32. The van der Waals surface area contributed by atoms with E-state index < -0.39 is 0 Å². The minimum absolute atomic E-state index is 0. The van der Waals surface area contributed by atoms with Crippen molar-refractivity contribution >= 4 is 12.4 Å². The Balaban J connectivity index is 0.00000161. The van der Waals surface area contributed by atoms with Crippen LogP contribution >= 0.6 is 12.4 Å². The van der Waals surface area contributed by atoms with Gasteiger partial charge in [0.2, 0.25) is 0 Å². The predicted octanol–water partition coefficient (Wildman–Crippen LogP) is 2.45. The molecule has 0 amide bonds. The van der Waals surface area contributed by atoms with Gasteiger partial charge in [0.25, 0.3) is 0 Å². The molecule has 3 rings (SSSR count). The molecule has 1 fully saturated rings. The van der Waals surface area contributed by atoms with Crippen LogP contribution in [-0.4, -0.2) is 44.3 Å². The number of hydrogen-bond donors (Lipinski definition) is 1. The van der Waals surface area contributed by atoms with Gasteiger partial charge in [-0.3, -0.25) is 4.90 Å². The summed E-state index contributed by atoms with van der Waals surface area (Å²) in [6.45, 7) is 4.58. The first-order valence-electron chi connectivity index (χ1n) is 7.62. The lowest BCUT2D eigenvalue weighted by atomic mass is 10.1. The second-order valence-electron chi connectivity index (χ2n) is 5.73. The van der Waals surface area contributed by atoms with E-state index in [1.165, 1.54) is 24.8 Å². The van der Waals surface area contributed by atoms with Crippen molar-refractivity contribution in [3.8, 4) is 11.5 Å². The molecule has 0 bridgehead atoms. The van der Waals surface area contributed by atoms with Gasteiger partial charge in [0.05, 0.1) is 0 Å². The van der Waals surface area contributed by atoms with Crippen LogP contribution in [0.15, 0.2) is 18.2 Å². The minimum Gasteiger partial charge on any atom is -0.486 e. The third kappa shape index (κ3) is 4.25. The van der Waals surface area contributed by atoms with E-state index in [9.17, 15) is 0 Å². The summed E-state index contributed by atoms with van der Waals surface area (Å²) in [7, 11) is 2.23. The summed E-state index contributed by atoms with van der Waals surface area (Å²) in [5.41, 5.74) is 1.30. The van der Waals surface area contributed by atoms with E-state index in [0.717, 1.165) is 31.1 Å². The van der Waals surface area contributed by atoms with E-state index in [-0.39, 0.29) is 12.4 Å². The number of nitrogens with zero attached hydrogens (tertiary/aromatic N) is 1. The summed E-state index contributed by atoms with van der Waals surface area (Å²) in [5, 5.41) is 3.47. The highest BCUT2D eigenvalue weighted by Crippen LogP contribution is 2.31. The van der Waals surface area contributed by atoms with E-state index in [0.29, 0.717) is 19.3 Å². The van der Waals surface area contributed by atoms with Gasteiger partial charge in [0.15, 0.2) is 11.5 Å².